The van der Waals surface area contributed by atoms with Gasteiger partial charge in [-0.1, -0.05) is 18.2 Å². The Bertz CT molecular complexity index is 1870. The van der Waals surface area contributed by atoms with Crippen LogP contribution in [-0.2, 0) is 22.4 Å². The highest BCUT2D eigenvalue weighted by molar-refractivity contribution is 5.86. The number of aromatic nitrogens is 2. The lowest BCUT2D eigenvalue weighted by Gasteiger charge is -2.19. The van der Waals surface area contributed by atoms with E-state index in [9.17, 15) is 14.4 Å². The molecule has 0 saturated heterocycles. The van der Waals surface area contributed by atoms with Crippen LogP contribution in [0.5, 0.6) is 17.2 Å². The molecule has 0 fully saturated rings. The highest BCUT2D eigenvalue weighted by Crippen LogP contribution is 2.50. The minimum Gasteiger partial charge on any atom is -0.493 e. The van der Waals surface area contributed by atoms with Crippen molar-refractivity contribution in [3.8, 4) is 28.4 Å². The number of hydrogen-bond acceptors (Lipinski definition) is 8. The molecule has 0 aliphatic heterocycles. The first-order chi connectivity index (χ1) is 22.6. The summed E-state index contributed by atoms with van der Waals surface area (Å²) in [5.41, 5.74) is 4.98. The normalized spacial score (nSPS) is 14.4. The summed E-state index contributed by atoms with van der Waals surface area (Å²) in [5.74, 6) is 1.87. The number of anilines is 1. The van der Waals surface area contributed by atoms with Gasteiger partial charge in [0.25, 0.3) is 0 Å². The van der Waals surface area contributed by atoms with Gasteiger partial charge in [-0.25, -0.2) is 4.98 Å². The fourth-order valence-electron chi connectivity index (χ4n) is 6.42. The number of carbonyl (C=O) groups excluding carboxylic acids is 2. The first kappa shape index (κ1) is 33.3. The maximum Gasteiger partial charge on any atom is 0.242 e. The number of amides is 2. The number of carbonyl (C=O) groups is 2. The van der Waals surface area contributed by atoms with Crippen molar-refractivity contribution in [3.63, 3.8) is 0 Å². The molecule has 1 aliphatic rings. The van der Waals surface area contributed by atoms with Crippen LogP contribution in [0.25, 0.3) is 22.2 Å². The van der Waals surface area contributed by atoms with Gasteiger partial charge in [-0.05, 0) is 80.6 Å². The summed E-state index contributed by atoms with van der Waals surface area (Å²) in [7, 11) is 4.66. The molecule has 0 bridgehead atoms. The van der Waals surface area contributed by atoms with Crippen LogP contribution in [0.15, 0.2) is 53.3 Å². The van der Waals surface area contributed by atoms with Crippen LogP contribution in [0.1, 0.15) is 63.2 Å². The monoisotopic (exact) mass is 641 g/mol. The van der Waals surface area contributed by atoms with Gasteiger partial charge in [0.1, 0.15) is 11.9 Å². The van der Waals surface area contributed by atoms with Crippen LogP contribution in [0.2, 0.25) is 0 Å². The van der Waals surface area contributed by atoms with Gasteiger partial charge in [-0.3, -0.25) is 14.4 Å². The smallest absolute Gasteiger partial charge is 0.242 e. The molecule has 1 aliphatic carbocycles. The molecule has 3 aromatic carbocycles. The molecule has 248 valence electrons. The number of para-hydroxylation sites is 2. The average molecular weight is 642 g/mol. The van der Waals surface area contributed by atoms with E-state index in [1.54, 1.807) is 34.3 Å². The van der Waals surface area contributed by atoms with Crippen molar-refractivity contribution in [3.05, 3.63) is 75.7 Å². The molecule has 0 spiro atoms. The number of nitrogens with zero attached hydrogens (tertiary/aromatic N) is 2. The summed E-state index contributed by atoms with van der Waals surface area (Å²) < 4.78 is 19.3. The van der Waals surface area contributed by atoms with Crippen LogP contribution in [-0.4, -0.2) is 55.3 Å². The van der Waals surface area contributed by atoms with E-state index in [2.05, 4.69) is 40.4 Å². The van der Waals surface area contributed by atoms with Crippen LogP contribution in [0, 0.1) is 0 Å². The second kappa shape index (κ2) is 14.1. The van der Waals surface area contributed by atoms with Gasteiger partial charge in [0, 0.05) is 31.5 Å². The van der Waals surface area contributed by atoms with E-state index in [0.29, 0.717) is 54.2 Å². The van der Waals surface area contributed by atoms with Crippen molar-refractivity contribution in [1.82, 2.24) is 20.2 Å². The van der Waals surface area contributed by atoms with Gasteiger partial charge in [0.15, 0.2) is 11.5 Å². The number of benzene rings is 2. The summed E-state index contributed by atoms with van der Waals surface area (Å²) in [6.45, 7) is 7.79. The standard InChI is InChI=1S/C36H43N5O6/c1-20(2)41-29-11-9-8-10-27(29)40-32(41)16-17-37-36(44)21(3)38-28-15-13-24-25(19-30(28)43)26(39-22(4)42)14-12-23-18-31(45-5)34(46-6)35(47-7)33(23)24/h8-11,13,15,18-21,26H,12,14,16-17H2,1-7H3,(H,37,44)(H,38,43)(H,39,42)/t21-,26-/m1/s1. The molecule has 4 aromatic rings. The van der Waals surface area contributed by atoms with Crippen LogP contribution < -0.4 is 35.6 Å². The zero-order valence-corrected chi connectivity index (χ0v) is 28.0. The zero-order valence-electron chi connectivity index (χ0n) is 28.0. The fourth-order valence-corrected chi connectivity index (χ4v) is 6.42. The SMILES string of the molecule is COc1cc2c(c(OC)c1OC)-c1ccc(N[C@H](C)C(=O)NCCc3nc4ccccc4n3C(C)C)c(=O)cc1[C@H](NC(C)=O)CC2. The van der Waals surface area contributed by atoms with Crippen LogP contribution in [0.3, 0.4) is 0 Å². The fraction of sp³-hybridized carbons (Fsp3) is 0.389. The highest BCUT2D eigenvalue weighted by atomic mass is 16.5. The van der Waals surface area contributed by atoms with E-state index < -0.39 is 12.1 Å². The molecule has 1 aromatic heterocycles. The Morgan fingerprint density at radius 2 is 1.74 bits per heavy atom. The maximum atomic E-state index is 13.7. The summed E-state index contributed by atoms with van der Waals surface area (Å²) in [4.78, 5) is 43.9. The topological polar surface area (TPSA) is 133 Å². The predicted octanol–water partition coefficient (Wildman–Crippen LogP) is 4.95. The van der Waals surface area contributed by atoms with Gasteiger partial charge in [-0.2, -0.15) is 0 Å². The van der Waals surface area contributed by atoms with E-state index in [0.717, 1.165) is 28.0 Å². The van der Waals surface area contributed by atoms with E-state index in [1.165, 1.54) is 13.0 Å². The van der Waals surface area contributed by atoms with Gasteiger partial charge >= 0.3 is 0 Å². The first-order valence-electron chi connectivity index (χ1n) is 15.9. The van der Waals surface area contributed by atoms with Crippen molar-refractivity contribution in [2.75, 3.05) is 33.2 Å². The molecule has 3 N–H and O–H groups in total. The van der Waals surface area contributed by atoms with E-state index in [-0.39, 0.29) is 29.0 Å². The molecule has 0 radical (unpaired) electrons. The Balaban J connectivity index is 1.42. The largest absolute Gasteiger partial charge is 0.493 e. The first-order valence-corrected chi connectivity index (χ1v) is 15.9. The molecule has 5 rings (SSSR count). The van der Waals surface area contributed by atoms with Gasteiger partial charge < -0.3 is 34.7 Å². The Hall–Kier alpha value is -5.06. The summed E-state index contributed by atoms with van der Waals surface area (Å²) in [6, 6.07) is 14.0. The highest BCUT2D eigenvalue weighted by Gasteiger charge is 2.29. The van der Waals surface area contributed by atoms with Crippen molar-refractivity contribution < 1.29 is 23.8 Å². The number of fused-ring (bicyclic) bond motifs is 4. The second-order valence-corrected chi connectivity index (χ2v) is 12.0. The molecular formula is C36H43N5O6. The Kier molecular flexibility index (Phi) is 10.0. The van der Waals surface area contributed by atoms with Crippen molar-refractivity contribution in [2.24, 2.45) is 0 Å². The van der Waals surface area contributed by atoms with Crippen LogP contribution in [0.4, 0.5) is 5.69 Å². The molecular weight excluding hydrogens is 598 g/mol. The predicted molar refractivity (Wildman–Crippen MR) is 183 cm³/mol. The molecule has 0 saturated carbocycles. The van der Waals surface area contributed by atoms with Crippen molar-refractivity contribution >= 4 is 28.5 Å². The van der Waals surface area contributed by atoms with E-state index >= 15 is 0 Å². The minimum atomic E-state index is -0.703. The Morgan fingerprint density at radius 3 is 2.43 bits per heavy atom. The van der Waals surface area contributed by atoms with Crippen molar-refractivity contribution in [2.45, 2.75) is 65.1 Å². The lowest BCUT2D eigenvalue weighted by molar-refractivity contribution is -0.121. The number of imidazole rings is 1. The number of rotatable bonds is 11. The van der Waals surface area contributed by atoms with Crippen molar-refractivity contribution in [1.29, 1.82) is 0 Å². The quantitative estimate of drug-likeness (QED) is 0.210. The molecule has 11 nitrogen and oxygen atoms in total. The number of hydrogen-bond donors (Lipinski definition) is 3. The maximum absolute atomic E-state index is 13.7. The lowest BCUT2D eigenvalue weighted by Crippen LogP contribution is -2.39. The second-order valence-electron chi connectivity index (χ2n) is 12.0. The van der Waals surface area contributed by atoms with Gasteiger partial charge in [0.2, 0.25) is 23.0 Å². The lowest BCUT2D eigenvalue weighted by atomic mass is 9.95. The van der Waals surface area contributed by atoms with Crippen LogP contribution >= 0.6 is 0 Å². The zero-order chi connectivity index (χ0) is 33.8. The van der Waals surface area contributed by atoms with Gasteiger partial charge in [0.05, 0.1) is 44.1 Å². The molecule has 2 amide bonds. The van der Waals surface area contributed by atoms with Gasteiger partial charge in [-0.15, -0.1) is 0 Å². The third-order valence-electron chi connectivity index (χ3n) is 8.51. The summed E-state index contributed by atoms with van der Waals surface area (Å²) in [5, 5.41) is 9.10. The Labute approximate surface area is 274 Å². The van der Waals surface area contributed by atoms with E-state index in [4.69, 9.17) is 19.2 Å². The van der Waals surface area contributed by atoms with E-state index in [1.807, 2.05) is 30.3 Å². The Morgan fingerprint density at radius 1 is 1.00 bits per heavy atom. The molecule has 0 unspecified atom stereocenters. The summed E-state index contributed by atoms with van der Waals surface area (Å²) >= 11 is 0. The minimum absolute atomic E-state index is 0.208. The molecule has 47 heavy (non-hydrogen) atoms. The average Bonchev–Trinajstić information content (AvgIpc) is 3.27. The number of methoxy groups -OCH3 is 3. The number of ether oxygens (including phenoxy) is 3. The number of aryl methyl sites for hydroxylation is 1. The molecule has 1 heterocycles. The number of nitrogens with one attached hydrogen (secondary N) is 3. The molecule has 11 heteroatoms. The third-order valence-corrected chi connectivity index (χ3v) is 8.51. The molecule has 2 atom stereocenters. The third kappa shape index (κ3) is 6.74. The summed E-state index contributed by atoms with van der Waals surface area (Å²) in [6.07, 6.45) is 1.71.